The normalized spacial score (nSPS) is 10.2. The molecule has 0 bridgehead atoms. The van der Waals surface area contributed by atoms with Crippen LogP contribution in [0.1, 0.15) is 37.8 Å². The summed E-state index contributed by atoms with van der Waals surface area (Å²) >= 11 is 4.89. The van der Waals surface area contributed by atoms with Crippen LogP contribution in [0.25, 0.3) is 0 Å². The quantitative estimate of drug-likeness (QED) is 0.755. The third kappa shape index (κ3) is 4.73. The average molecular weight is 251 g/mol. The summed E-state index contributed by atoms with van der Waals surface area (Å²) < 4.78 is 5.63. The van der Waals surface area contributed by atoms with E-state index in [4.69, 9.17) is 22.7 Å². The maximum atomic E-state index is 5.63. The van der Waals surface area contributed by atoms with E-state index in [1.165, 1.54) is 11.1 Å². The molecule has 0 heterocycles. The largest absolute Gasteiger partial charge is 0.494 e. The molecule has 2 N–H and O–H groups in total. The van der Waals surface area contributed by atoms with Crippen molar-refractivity contribution >= 4 is 17.2 Å². The summed E-state index contributed by atoms with van der Waals surface area (Å²) in [4.78, 5) is 0.592. The van der Waals surface area contributed by atoms with Crippen LogP contribution in [0.3, 0.4) is 0 Å². The highest BCUT2D eigenvalue weighted by atomic mass is 32.1. The van der Waals surface area contributed by atoms with E-state index < -0.39 is 0 Å². The summed E-state index contributed by atoms with van der Waals surface area (Å²) in [6.07, 6.45) is 3.81. The lowest BCUT2D eigenvalue weighted by Crippen LogP contribution is -2.07. The maximum absolute atomic E-state index is 5.63. The Hall–Kier alpha value is -1.09. The third-order valence-electron chi connectivity index (χ3n) is 2.70. The molecule has 0 aliphatic carbocycles. The van der Waals surface area contributed by atoms with Gasteiger partial charge in [-0.2, -0.15) is 0 Å². The molecule has 1 rings (SSSR count). The highest BCUT2D eigenvalue weighted by molar-refractivity contribution is 7.80. The first-order chi connectivity index (χ1) is 8.17. The van der Waals surface area contributed by atoms with E-state index in [9.17, 15) is 0 Å². The van der Waals surface area contributed by atoms with Gasteiger partial charge in [-0.3, -0.25) is 0 Å². The molecule has 17 heavy (non-hydrogen) atoms. The number of benzene rings is 1. The fourth-order valence-corrected chi connectivity index (χ4v) is 1.94. The van der Waals surface area contributed by atoms with Crippen LogP contribution >= 0.6 is 12.2 Å². The SMILES string of the molecule is CCOc1ccc(CC)cc1CCCC(N)=S. The van der Waals surface area contributed by atoms with E-state index in [1.54, 1.807) is 0 Å². The molecule has 94 valence electrons. The molecule has 0 spiro atoms. The van der Waals surface area contributed by atoms with Gasteiger partial charge in [0.2, 0.25) is 0 Å². The summed E-state index contributed by atoms with van der Waals surface area (Å²) in [7, 11) is 0. The Morgan fingerprint density at radius 3 is 2.71 bits per heavy atom. The van der Waals surface area contributed by atoms with Crippen molar-refractivity contribution in [2.45, 2.75) is 39.5 Å². The molecular weight excluding hydrogens is 230 g/mol. The van der Waals surface area contributed by atoms with Gasteiger partial charge < -0.3 is 10.5 Å². The van der Waals surface area contributed by atoms with E-state index in [2.05, 4.69) is 25.1 Å². The second-order valence-electron chi connectivity index (χ2n) is 4.05. The molecule has 0 atom stereocenters. The van der Waals surface area contributed by atoms with Crippen LogP contribution in [0.5, 0.6) is 5.75 Å². The van der Waals surface area contributed by atoms with Gasteiger partial charge in [0.1, 0.15) is 5.75 Å². The number of ether oxygens (including phenoxy) is 1. The van der Waals surface area contributed by atoms with Gasteiger partial charge in [-0.1, -0.05) is 31.3 Å². The Morgan fingerprint density at radius 2 is 2.12 bits per heavy atom. The third-order valence-corrected chi connectivity index (χ3v) is 2.91. The van der Waals surface area contributed by atoms with Gasteiger partial charge in [0, 0.05) is 0 Å². The van der Waals surface area contributed by atoms with Gasteiger partial charge in [0.05, 0.1) is 11.6 Å². The lowest BCUT2D eigenvalue weighted by atomic mass is 10.0. The summed E-state index contributed by atoms with van der Waals surface area (Å²) in [5.74, 6) is 0.993. The van der Waals surface area contributed by atoms with Crippen molar-refractivity contribution in [3.63, 3.8) is 0 Å². The summed E-state index contributed by atoms with van der Waals surface area (Å²) in [6.45, 7) is 4.87. The Morgan fingerprint density at radius 1 is 1.35 bits per heavy atom. The van der Waals surface area contributed by atoms with Gasteiger partial charge in [0.25, 0.3) is 0 Å². The zero-order chi connectivity index (χ0) is 12.7. The topological polar surface area (TPSA) is 35.2 Å². The first kappa shape index (κ1) is 14.0. The van der Waals surface area contributed by atoms with E-state index in [1.807, 2.05) is 6.92 Å². The van der Waals surface area contributed by atoms with E-state index in [-0.39, 0.29) is 0 Å². The number of hydrogen-bond acceptors (Lipinski definition) is 2. The van der Waals surface area contributed by atoms with Crippen molar-refractivity contribution in [2.24, 2.45) is 5.73 Å². The highest BCUT2D eigenvalue weighted by Crippen LogP contribution is 2.22. The minimum Gasteiger partial charge on any atom is -0.494 e. The second-order valence-corrected chi connectivity index (χ2v) is 4.57. The van der Waals surface area contributed by atoms with Crippen LogP contribution in [0, 0.1) is 0 Å². The molecule has 0 saturated heterocycles. The molecule has 1 aromatic rings. The predicted octanol–water partition coefficient (Wildman–Crippen LogP) is 3.26. The number of nitrogens with two attached hydrogens (primary N) is 1. The van der Waals surface area contributed by atoms with Crippen LogP contribution < -0.4 is 10.5 Å². The standard InChI is InChI=1S/C14H21NOS/c1-3-11-8-9-13(16-4-2)12(10-11)6-5-7-14(15)17/h8-10H,3-7H2,1-2H3,(H2,15,17). The molecule has 0 saturated carbocycles. The van der Waals surface area contributed by atoms with Crippen LogP contribution in [-0.4, -0.2) is 11.6 Å². The Kier molecular flexibility index (Phi) is 5.98. The first-order valence-corrected chi connectivity index (χ1v) is 6.61. The van der Waals surface area contributed by atoms with Gasteiger partial charge in [-0.25, -0.2) is 0 Å². The van der Waals surface area contributed by atoms with E-state index in [0.29, 0.717) is 11.6 Å². The van der Waals surface area contributed by atoms with Crippen LogP contribution in [0.15, 0.2) is 18.2 Å². The Bertz CT molecular complexity index is 376. The summed E-state index contributed by atoms with van der Waals surface area (Å²) in [5.41, 5.74) is 8.12. The molecule has 1 aromatic carbocycles. The summed E-state index contributed by atoms with van der Waals surface area (Å²) in [6, 6.07) is 6.42. The fourth-order valence-electron chi connectivity index (χ4n) is 1.80. The zero-order valence-corrected chi connectivity index (χ0v) is 11.5. The van der Waals surface area contributed by atoms with Gasteiger partial charge in [-0.05, 0) is 49.8 Å². The van der Waals surface area contributed by atoms with Crippen molar-refractivity contribution in [1.29, 1.82) is 0 Å². The molecule has 2 nitrogen and oxygen atoms in total. The number of aryl methyl sites for hydroxylation is 2. The number of rotatable bonds is 7. The Balaban J connectivity index is 2.73. The van der Waals surface area contributed by atoms with Gasteiger partial charge in [-0.15, -0.1) is 0 Å². The predicted molar refractivity (Wildman–Crippen MR) is 76.7 cm³/mol. The first-order valence-electron chi connectivity index (χ1n) is 6.20. The number of thiocarbonyl (C=S) groups is 1. The minimum absolute atomic E-state index is 0.592. The number of hydrogen-bond donors (Lipinski definition) is 1. The molecule has 0 aromatic heterocycles. The van der Waals surface area contributed by atoms with Crippen LogP contribution in [0.2, 0.25) is 0 Å². The average Bonchev–Trinajstić information content (AvgIpc) is 2.31. The fraction of sp³-hybridized carbons (Fsp3) is 0.500. The molecule has 0 aliphatic rings. The van der Waals surface area contributed by atoms with Gasteiger partial charge in [0.15, 0.2) is 0 Å². The molecular formula is C14H21NOS. The molecule has 0 aliphatic heterocycles. The van der Waals surface area contributed by atoms with Crippen molar-refractivity contribution in [1.82, 2.24) is 0 Å². The van der Waals surface area contributed by atoms with Crippen LogP contribution in [0.4, 0.5) is 0 Å². The van der Waals surface area contributed by atoms with Crippen molar-refractivity contribution in [2.75, 3.05) is 6.61 Å². The molecule has 0 unspecified atom stereocenters. The molecule has 0 amide bonds. The second kappa shape index (κ2) is 7.28. The highest BCUT2D eigenvalue weighted by Gasteiger charge is 2.05. The Labute approximate surface area is 109 Å². The molecule has 0 fully saturated rings. The van der Waals surface area contributed by atoms with E-state index >= 15 is 0 Å². The molecule has 0 radical (unpaired) electrons. The monoisotopic (exact) mass is 251 g/mol. The lowest BCUT2D eigenvalue weighted by Gasteiger charge is -2.11. The van der Waals surface area contributed by atoms with Crippen molar-refractivity contribution in [3.05, 3.63) is 29.3 Å². The van der Waals surface area contributed by atoms with Gasteiger partial charge >= 0.3 is 0 Å². The molecule has 3 heteroatoms. The lowest BCUT2D eigenvalue weighted by molar-refractivity contribution is 0.336. The zero-order valence-electron chi connectivity index (χ0n) is 10.7. The smallest absolute Gasteiger partial charge is 0.122 e. The van der Waals surface area contributed by atoms with Crippen molar-refractivity contribution < 1.29 is 4.74 Å². The van der Waals surface area contributed by atoms with Crippen LogP contribution in [-0.2, 0) is 12.8 Å². The summed E-state index contributed by atoms with van der Waals surface area (Å²) in [5, 5.41) is 0. The van der Waals surface area contributed by atoms with E-state index in [0.717, 1.165) is 31.4 Å². The maximum Gasteiger partial charge on any atom is 0.122 e. The van der Waals surface area contributed by atoms with Crippen molar-refractivity contribution in [3.8, 4) is 5.75 Å². The minimum atomic E-state index is 0.592.